The van der Waals surface area contributed by atoms with Gasteiger partial charge >= 0.3 is 6.18 Å². The molecule has 5 heteroatoms. The van der Waals surface area contributed by atoms with Crippen LogP contribution in [0.3, 0.4) is 0 Å². The van der Waals surface area contributed by atoms with Crippen LogP contribution in [0.25, 0.3) is 0 Å². The molecule has 0 aromatic carbocycles. The molecular formula is C9H19F3N2. The number of likely N-dealkylation sites (N-methyl/N-ethyl adjacent to an activating group) is 2. The lowest BCUT2D eigenvalue weighted by Gasteiger charge is -2.24. The fourth-order valence-corrected chi connectivity index (χ4v) is 1.37. The molecule has 14 heavy (non-hydrogen) atoms. The van der Waals surface area contributed by atoms with Crippen LogP contribution in [0, 0.1) is 0 Å². The highest BCUT2D eigenvalue weighted by Gasteiger charge is 2.29. The fraction of sp³-hybridized carbons (Fsp3) is 1.00. The van der Waals surface area contributed by atoms with Crippen molar-refractivity contribution < 1.29 is 13.2 Å². The second-order valence-electron chi connectivity index (χ2n) is 3.47. The third kappa shape index (κ3) is 7.15. The molecule has 0 amide bonds. The normalized spacial score (nSPS) is 14.8. The van der Waals surface area contributed by atoms with E-state index in [0.29, 0.717) is 6.54 Å². The summed E-state index contributed by atoms with van der Waals surface area (Å²) in [4.78, 5) is 1.30. The first-order valence-corrected chi connectivity index (χ1v) is 4.87. The molecule has 1 atom stereocenters. The number of halogens is 3. The van der Waals surface area contributed by atoms with Crippen molar-refractivity contribution in [3.05, 3.63) is 0 Å². The van der Waals surface area contributed by atoms with E-state index in [-0.39, 0.29) is 6.04 Å². The summed E-state index contributed by atoms with van der Waals surface area (Å²) >= 11 is 0. The van der Waals surface area contributed by atoms with Crippen LogP contribution >= 0.6 is 0 Å². The number of nitrogens with one attached hydrogen (secondary N) is 1. The van der Waals surface area contributed by atoms with Crippen LogP contribution in [0.5, 0.6) is 0 Å². The van der Waals surface area contributed by atoms with Gasteiger partial charge in [-0.05, 0) is 20.0 Å². The van der Waals surface area contributed by atoms with E-state index in [1.54, 1.807) is 0 Å². The Morgan fingerprint density at radius 2 is 1.86 bits per heavy atom. The van der Waals surface area contributed by atoms with Gasteiger partial charge in [0.1, 0.15) is 0 Å². The van der Waals surface area contributed by atoms with Gasteiger partial charge in [-0.3, -0.25) is 4.90 Å². The van der Waals surface area contributed by atoms with Crippen molar-refractivity contribution in [3.8, 4) is 0 Å². The van der Waals surface area contributed by atoms with Crippen LogP contribution in [0.15, 0.2) is 0 Å². The zero-order valence-corrected chi connectivity index (χ0v) is 8.99. The summed E-state index contributed by atoms with van der Waals surface area (Å²) in [6.45, 7) is 4.30. The van der Waals surface area contributed by atoms with Crippen LogP contribution in [-0.2, 0) is 0 Å². The van der Waals surface area contributed by atoms with Gasteiger partial charge in [-0.15, -0.1) is 0 Å². The van der Waals surface area contributed by atoms with Crippen molar-refractivity contribution in [3.63, 3.8) is 0 Å². The van der Waals surface area contributed by atoms with Gasteiger partial charge in [-0.2, -0.15) is 13.2 Å². The lowest BCUT2D eigenvalue weighted by molar-refractivity contribution is -0.143. The molecule has 0 aromatic rings. The van der Waals surface area contributed by atoms with Crippen LogP contribution in [0.1, 0.15) is 20.3 Å². The van der Waals surface area contributed by atoms with Gasteiger partial charge in [-0.1, -0.05) is 13.8 Å². The Balaban J connectivity index is 3.84. The quantitative estimate of drug-likeness (QED) is 0.723. The number of rotatable bonds is 6. The lowest BCUT2D eigenvalue weighted by atomic mass is 10.2. The van der Waals surface area contributed by atoms with Gasteiger partial charge in [0, 0.05) is 12.6 Å². The van der Waals surface area contributed by atoms with Crippen molar-refractivity contribution in [2.45, 2.75) is 32.5 Å². The Bertz CT molecular complexity index is 147. The maximum Gasteiger partial charge on any atom is 0.401 e. The van der Waals surface area contributed by atoms with Crippen LogP contribution in [0.4, 0.5) is 13.2 Å². The van der Waals surface area contributed by atoms with E-state index < -0.39 is 12.7 Å². The van der Waals surface area contributed by atoms with Crippen molar-refractivity contribution in [1.29, 1.82) is 0 Å². The largest absolute Gasteiger partial charge is 0.401 e. The predicted molar refractivity (Wildman–Crippen MR) is 51.3 cm³/mol. The van der Waals surface area contributed by atoms with Gasteiger partial charge in [0.25, 0.3) is 0 Å². The summed E-state index contributed by atoms with van der Waals surface area (Å²) in [6, 6.07) is 0.146. The van der Waals surface area contributed by atoms with E-state index in [4.69, 9.17) is 0 Å². The molecule has 0 spiro atoms. The molecule has 0 heterocycles. The molecule has 86 valence electrons. The molecule has 0 aliphatic rings. The Kier molecular flexibility index (Phi) is 6.11. The van der Waals surface area contributed by atoms with Gasteiger partial charge in [0.15, 0.2) is 0 Å². The Hall–Kier alpha value is -0.290. The van der Waals surface area contributed by atoms with Crippen molar-refractivity contribution >= 4 is 0 Å². The average molecular weight is 212 g/mol. The third-order valence-electron chi connectivity index (χ3n) is 1.97. The molecule has 1 N–H and O–H groups in total. The van der Waals surface area contributed by atoms with E-state index in [1.807, 2.05) is 13.8 Å². The number of hydrogen-bond acceptors (Lipinski definition) is 2. The zero-order valence-electron chi connectivity index (χ0n) is 8.99. The van der Waals surface area contributed by atoms with E-state index in [1.165, 1.54) is 11.9 Å². The van der Waals surface area contributed by atoms with E-state index in [0.717, 1.165) is 13.0 Å². The summed E-state index contributed by atoms with van der Waals surface area (Å²) in [7, 11) is 1.49. The predicted octanol–water partition coefficient (Wildman–Crippen LogP) is 1.87. The monoisotopic (exact) mass is 212 g/mol. The second kappa shape index (κ2) is 6.24. The highest BCUT2D eigenvalue weighted by Crippen LogP contribution is 2.15. The molecule has 0 radical (unpaired) electrons. The van der Waals surface area contributed by atoms with Gasteiger partial charge < -0.3 is 5.32 Å². The first kappa shape index (κ1) is 13.7. The molecule has 0 aliphatic heterocycles. The van der Waals surface area contributed by atoms with Gasteiger partial charge in [-0.25, -0.2) is 0 Å². The first-order valence-electron chi connectivity index (χ1n) is 4.87. The molecule has 0 aromatic heterocycles. The van der Waals surface area contributed by atoms with Crippen LogP contribution in [-0.4, -0.2) is 43.8 Å². The minimum atomic E-state index is -4.10. The summed E-state index contributed by atoms with van der Waals surface area (Å²) in [5, 5.41) is 3.14. The van der Waals surface area contributed by atoms with E-state index in [9.17, 15) is 13.2 Å². The summed E-state index contributed by atoms with van der Waals surface area (Å²) in [5.74, 6) is 0. The Morgan fingerprint density at radius 3 is 2.21 bits per heavy atom. The highest BCUT2D eigenvalue weighted by atomic mass is 19.4. The third-order valence-corrected chi connectivity index (χ3v) is 1.97. The van der Waals surface area contributed by atoms with Gasteiger partial charge in [0.05, 0.1) is 6.54 Å². The molecule has 0 fully saturated rings. The lowest BCUT2D eigenvalue weighted by Crippen LogP contribution is -2.42. The maximum absolute atomic E-state index is 12.0. The Labute approximate surface area is 83.5 Å². The standard InChI is InChI=1S/C9H19F3N2/c1-4-8(13-5-2)6-14(3)7-9(10,11)12/h8,13H,4-7H2,1-3H3. The molecule has 0 saturated carbocycles. The molecule has 0 aliphatic carbocycles. The number of alkyl halides is 3. The Morgan fingerprint density at radius 1 is 1.29 bits per heavy atom. The van der Waals surface area contributed by atoms with Crippen molar-refractivity contribution in [1.82, 2.24) is 10.2 Å². The molecular weight excluding hydrogens is 193 g/mol. The number of nitrogens with zero attached hydrogens (tertiary/aromatic N) is 1. The number of hydrogen-bond donors (Lipinski definition) is 1. The smallest absolute Gasteiger partial charge is 0.313 e. The molecule has 0 bridgehead atoms. The highest BCUT2D eigenvalue weighted by molar-refractivity contribution is 4.69. The zero-order chi connectivity index (χ0) is 11.2. The van der Waals surface area contributed by atoms with E-state index in [2.05, 4.69) is 5.32 Å². The minimum Gasteiger partial charge on any atom is -0.313 e. The molecule has 1 unspecified atom stereocenters. The maximum atomic E-state index is 12.0. The fourth-order valence-electron chi connectivity index (χ4n) is 1.37. The molecule has 0 saturated heterocycles. The summed E-state index contributed by atoms with van der Waals surface area (Å²) in [6.07, 6.45) is -3.25. The van der Waals surface area contributed by atoms with Crippen LogP contribution in [0.2, 0.25) is 0 Å². The molecule has 0 rings (SSSR count). The van der Waals surface area contributed by atoms with Crippen molar-refractivity contribution in [2.75, 3.05) is 26.7 Å². The summed E-state index contributed by atoms with van der Waals surface area (Å²) < 4.78 is 36.0. The van der Waals surface area contributed by atoms with Crippen LogP contribution < -0.4 is 5.32 Å². The molecule has 2 nitrogen and oxygen atoms in total. The van der Waals surface area contributed by atoms with Crippen molar-refractivity contribution in [2.24, 2.45) is 0 Å². The van der Waals surface area contributed by atoms with Gasteiger partial charge in [0.2, 0.25) is 0 Å². The minimum absolute atomic E-state index is 0.146. The SMILES string of the molecule is CCNC(CC)CN(C)CC(F)(F)F. The average Bonchev–Trinajstić information content (AvgIpc) is 2.00. The van der Waals surface area contributed by atoms with E-state index >= 15 is 0 Å². The summed E-state index contributed by atoms with van der Waals surface area (Å²) in [5.41, 5.74) is 0. The first-order chi connectivity index (χ1) is 6.39. The second-order valence-corrected chi connectivity index (χ2v) is 3.47. The topological polar surface area (TPSA) is 15.3 Å².